The van der Waals surface area contributed by atoms with E-state index in [2.05, 4.69) is 42.8 Å². The molecule has 0 bridgehead atoms. The lowest BCUT2D eigenvalue weighted by molar-refractivity contribution is 0.0433. The first-order valence-corrected chi connectivity index (χ1v) is 6.96. The minimum absolute atomic E-state index is 0.338. The highest BCUT2D eigenvalue weighted by Gasteiger charge is 2.23. The second-order valence-corrected chi connectivity index (χ2v) is 5.62. The number of rotatable bonds is 5. The molecular weight excluding hydrogens is 226 g/mol. The average Bonchev–Trinajstić information content (AvgIpc) is 2.86. The fourth-order valence-electron chi connectivity index (χ4n) is 2.37. The van der Waals surface area contributed by atoms with Crippen LogP contribution in [-0.4, -0.2) is 28.0 Å². The highest BCUT2D eigenvalue weighted by molar-refractivity contribution is 5.16. The van der Waals surface area contributed by atoms with E-state index in [1.54, 1.807) is 0 Å². The zero-order chi connectivity index (χ0) is 13.1. The Balaban J connectivity index is 1.93. The van der Waals surface area contributed by atoms with Gasteiger partial charge in [-0.3, -0.25) is 4.68 Å². The predicted octanol–water partition coefficient (Wildman–Crippen LogP) is 2.26. The molecule has 1 aliphatic rings. The third-order valence-electron chi connectivity index (χ3n) is 3.60. The lowest BCUT2D eigenvalue weighted by Gasteiger charge is -2.13. The Bertz CT molecular complexity index is 386. The van der Waals surface area contributed by atoms with E-state index in [9.17, 15) is 0 Å². The minimum atomic E-state index is 0.338. The number of nitrogens with one attached hydrogen (secondary N) is 1. The first-order valence-electron chi connectivity index (χ1n) is 6.96. The van der Waals surface area contributed by atoms with Crippen LogP contribution < -0.4 is 5.32 Å². The van der Waals surface area contributed by atoms with Gasteiger partial charge in [-0.15, -0.1) is 0 Å². The zero-order valence-electron chi connectivity index (χ0n) is 11.9. The van der Waals surface area contributed by atoms with Crippen LogP contribution in [0.1, 0.15) is 44.9 Å². The van der Waals surface area contributed by atoms with Gasteiger partial charge in [0.15, 0.2) is 0 Å². The second-order valence-electron chi connectivity index (χ2n) is 5.62. The summed E-state index contributed by atoms with van der Waals surface area (Å²) in [6.45, 7) is 10.4. The molecule has 2 heterocycles. The first-order chi connectivity index (χ1) is 8.56. The summed E-state index contributed by atoms with van der Waals surface area (Å²) in [4.78, 5) is 0. The maximum atomic E-state index is 5.85. The molecular formula is C14H25N3O. The summed E-state index contributed by atoms with van der Waals surface area (Å²) < 4.78 is 7.93. The Morgan fingerprint density at radius 1 is 1.50 bits per heavy atom. The van der Waals surface area contributed by atoms with Crippen LogP contribution in [0.5, 0.6) is 0 Å². The smallest absolute Gasteiger partial charge is 0.0775 e. The van der Waals surface area contributed by atoms with Crippen molar-refractivity contribution < 1.29 is 4.74 Å². The highest BCUT2D eigenvalue weighted by atomic mass is 16.5. The molecule has 1 saturated heterocycles. The van der Waals surface area contributed by atoms with Gasteiger partial charge in [0.1, 0.15) is 0 Å². The normalized spacial score (nSPS) is 24.1. The molecule has 0 aliphatic carbocycles. The molecule has 0 saturated carbocycles. The summed E-state index contributed by atoms with van der Waals surface area (Å²) in [5.41, 5.74) is 2.54. The predicted molar refractivity (Wildman–Crippen MR) is 72.5 cm³/mol. The van der Waals surface area contributed by atoms with Gasteiger partial charge in [-0.2, -0.15) is 5.10 Å². The molecule has 2 unspecified atom stereocenters. The number of nitrogens with zero attached hydrogens (tertiary/aromatic N) is 2. The summed E-state index contributed by atoms with van der Waals surface area (Å²) in [5.74, 6) is 0. The van der Waals surface area contributed by atoms with Crippen LogP contribution in [0, 0.1) is 6.92 Å². The third-order valence-corrected chi connectivity index (χ3v) is 3.60. The van der Waals surface area contributed by atoms with Gasteiger partial charge in [-0.05, 0) is 26.7 Å². The van der Waals surface area contributed by atoms with Crippen molar-refractivity contribution in [1.82, 2.24) is 15.1 Å². The molecule has 0 spiro atoms. The lowest BCUT2D eigenvalue weighted by Crippen LogP contribution is -2.22. The van der Waals surface area contributed by atoms with Crippen molar-refractivity contribution >= 4 is 0 Å². The van der Waals surface area contributed by atoms with Crippen molar-refractivity contribution in [3.8, 4) is 0 Å². The number of hydrogen-bond acceptors (Lipinski definition) is 3. The zero-order valence-corrected chi connectivity index (χ0v) is 11.9. The molecule has 18 heavy (non-hydrogen) atoms. The van der Waals surface area contributed by atoms with E-state index in [1.165, 1.54) is 17.7 Å². The van der Waals surface area contributed by atoms with Gasteiger partial charge in [-0.25, -0.2) is 0 Å². The van der Waals surface area contributed by atoms with Crippen LogP contribution in [0.3, 0.4) is 0 Å². The standard InChI is InChI=1S/C14H25N3O/c1-10(2)15-7-13-8-16-17(12(13)4)9-14-6-5-11(3)18-14/h8,10-11,14-15H,5-7,9H2,1-4H3. The van der Waals surface area contributed by atoms with Crippen LogP contribution in [0.2, 0.25) is 0 Å². The Morgan fingerprint density at radius 2 is 2.28 bits per heavy atom. The van der Waals surface area contributed by atoms with Gasteiger partial charge in [0.25, 0.3) is 0 Å². The van der Waals surface area contributed by atoms with E-state index in [-0.39, 0.29) is 0 Å². The van der Waals surface area contributed by atoms with Crippen LogP contribution in [0.25, 0.3) is 0 Å². The molecule has 1 aliphatic heterocycles. The molecule has 0 radical (unpaired) electrons. The van der Waals surface area contributed by atoms with E-state index in [0.717, 1.165) is 19.5 Å². The van der Waals surface area contributed by atoms with E-state index >= 15 is 0 Å². The third kappa shape index (κ3) is 3.33. The van der Waals surface area contributed by atoms with E-state index in [4.69, 9.17) is 4.74 Å². The second kappa shape index (κ2) is 5.85. The molecule has 4 nitrogen and oxygen atoms in total. The van der Waals surface area contributed by atoms with E-state index in [1.807, 2.05) is 6.20 Å². The molecule has 1 aromatic rings. The number of aromatic nitrogens is 2. The molecule has 0 amide bonds. The fourth-order valence-corrected chi connectivity index (χ4v) is 2.37. The summed E-state index contributed by atoms with van der Waals surface area (Å²) in [5, 5.41) is 7.91. The van der Waals surface area contributed by atoms with E-state index in [0.29, 0.717) is 18.2 Å². The summed E-state index contributed by atoms with van der Waals surface area (Å²) in [6.07, 6.45) is 5.05. The lowest BCUT2D eigenvalue weighted by atomic mass is 10.2. The Labute approximate surface area is 110 Å². The number of ether oxygens (including phenoxy) is 1. The molecule has 2 atom stereocenters. The Kier molecular flexibility index (Phi) is 4.40. The van der Waals surface area contributed by atoms with Gasteiger partial charge in [-0.1, -0.05) is 13.8 Å². The summed E-state index contributed by atoms with van der Waals surface area (Å²) in [6, 6.07) is 0.506. The van der Waals surface area contributed by atoms with Gasteiger partial charge in [0.05, 0.1) is 24.9 Å². The molecule has 2 rings (SSSR count). The van der Waals surface area contributed by atoms with E-state index < -0.39 is 0 Å². The van der Waals surface area contributed by atoms with Gasteiger partial charge in [0, 0.05) is 23.8 Å². The molecule has 4 heteroatoms. The molecule has 1 N–H and O–H groups in total. The molecule has 1 fully saturated rings. The van der Waals surface area contributed by atoms with Crippen LogP contribution in [0.15, 0.2) is 6.20 Å². The summed E-state index contributed by atoms with van der Waals surface area (Å²) >= 11 is 0. The van der Waals surface area contributed by atoms with Crippen molar-refractivity contribution in [2.75, 3.05) is 0 Å². The fraction of sp³-hybridized carbons (Fsp3) is 0.786. The molecule has 0 aromatic carbocycles. The maximum absolute atomic E-state index is 5.85. The topological polar surface area (TPSA) is 39.1 Å². The summed E-state index contributed by atoms with van der Waals surface area (Å²) in [7, 11) is 0. The molecule has 1 aromatic heterocycles. The highest BCUT2D eigenvalue weighted by Crippen LogP contribution is 2.21. The largest absolute Gasteiger partial charge is 0.373 e. The first kappa shape index (κ1) is 13.6. The van der Waals surface area contributed by atoms with Crippen LogP contribution in [0.4, 0.5) is 0 Å². The maximum Gasteiger partial charge on any atom is 0.0775 e. The van der Waals surface area contributed by atoms with Gasteiger partial charge >= 0.3 is 0 Å². The van der Waals surface area contributed by atoms with Crippen molar-refractivity contribution in [3.63, 3.8) is 0 Å². The quantitative estimate of drug-likeness (QED) is 0.872. The minimum Gasteiger partial charge on any atom is -0.373 e. The molecule has 102 valence electrons. The number of hydrogen-bond donors (Lipinski definition) is 1. The van der Waals surface area contributed by atoms with Crippen LogP contribution in [-0.2, 0) is 17.8 Å². The van der Waals surface area contributed by atoms with Gasteiger partial charge < -0.3 is 10.1 Å². The van der Waals surface area contributed by atoms with Crippen LogP contribution >= 0.6 is 0 Å². The Morgan fingerprint density at radius 3 is 2.89 bits per heavy atom. The Hall–Kier alpha value is -0.870. The SMILES string of the molecule is Cc1c(CNC(C)C)cnn1CC1CCC(C)O1. The average molecular weight is 251 g/mol. The van der Waals surface area contributed by atoms with Gasteiger partial charge in [0.2, 0.25) is 0 Å². The van der Waals surface area contributed by atoms with Crippen molar-refractivity contribution in [2.45, 2.75) is 71.9 Å². The van der Waals surface area contributed by atoms with Crippen molar-refractivity contribution in [3.05, 3.63) is 17.5 Å². The van der Waals surface area contributed by atoms with Crippen molar-refractivity contribution in [1.29, 1.82) is 0 Å². The monoisotopic (exact) mass is 251 g/mol. The van der Waals surface area contributed by atoms with Crippen molar-refractivity contribution in [2.24, 2.45) is 0 Å².